The van der Waals surface area contributed by atoms with Crippen LogP contribution in [0.15, 0.2) is 23.1 Å². The smallest absolute Gasteiger partial charge is 0.257 e. The summed E-state index contributed by atoms with van der Waals surface area (Å²) in [5, 5.41) is 7.32. The van der Waals surface area contributed by atoms with E-state index in [-0.39, 0.29) is 4.90 Å². The second-order valence-corrected chi connectivity index (χ2v) is 7.83. The summed E-state index contributed by atoms with van der Waals surface area (Å²) in [6.45, 7) is 0. The number of nitrogens with one attached hydrogen (secondary N) is 1. The van der Waals surface area contributed by atoms with Crippen LogP contribution in [-0.2, 0) is 16.4 Å². The predicted molar refractivity (Wildman–Crippen MR) is 87.2 cm³/mol. The van der Waals surface area contributed by atoms with Crippen LogP contribution in [0.4, 0.5) is 22.0 Å². The highest BCUT2D eigenvalue weighted by Gasteiger charge is 2.32. The first-order valence-corrected chi connectivity index (χ1v) is 9.55. The van der Waals surface area contributed by atoms with E-state index in [0.29, 0.717) is 30.4 Å². The van der Waals surface area contributed by atoms with Crippen LogP contribution in [0.1, 0.15) is 40.4 Å². The van der Waals surface area contributed by atoms with E-state index < -0.39 is 56.6 Å². The Morgan fingerprint density at radius 2 is 1.57 bits per heavy atom. The van der Waals surface area contributed by atoms with Crippen molar-refractivity contribution in [2.24, 2.45) is 5.14 Å². The Morgan fingerprint density at radius 3 is 2.14 bits per heavy atom. The molecular weight excluding hydrogens is 407 g/mol. The largest absolute Gasteiger partial charge is 0.345 e. The molecule has 3 N–H and O–H groups in total. The van der Waals surface area contributed by atoms with Gasteiger partial charge in [0.15, 0.2) is 23.3 Å². The highest BCUT2D eigenvalue weighted by molar-refractivity contribution is 7.89. The normalized spacial score (nSPS) is 16.6. The molecule has 150 valence electrons. The Morgan fingerprint density at radius 1 is 1.00 bits per heavy atom. The lowest BCUT2D eigenvalue weighted by molar-refractivity contribution is 0.0920. The molecule has 3 rings (SSSR count). The van der Waals surface area contributed by atoms with Crippen molar-refractivity contribution in [2.75, 3.05) is 0 Å². The molecule has 1 aliphatic carbocycles. The van der Waals surface area contributed by atoms with E-state index in [2.05, 4.69) is 5.32 Å². The van der Waals surface area contributed by atoms with E-state index in [1.54, 1.807) is 0 Å². The molecule has 0 heterocycles. The van der Waals surface area contributed by atoms with E-state index in [9.17, 15) is 35.2 Å². The predicted octanol–water partition coefficient (Wildman–Crippen LogP) is 2.84. The third-order valence-electron chi connectivity index (χ3n) is 4.50. The van der Waals surface area contributed by atoms with Crippen molar-refractivity contribution in [1.82, 2.24) is 5.32 Å². The Balaban J connectivity index is 1.96. The molecule has 28 heavy (non-hydrogen) atoms. The van der Waals surface area contributed by atoms with E-state index in [1.165, 1.54) is 18.2 Å². The quantitative estimate of drug-likeness (QED) is 0.455. The third-order valence-corrected chi connectivity index (χ3v) is 5.41. The maximum Gasteiger partial charge on any atom is 0.257 e. The molecule has 2 aromatic carbocycles. The fourth-order valence-electron chi connectivity index (χ4n) is 3.15. The summed E-state index contributed by atoms with van der Waals surface area (Å²) in [6.07, 6.45) is 1.28. The molecule has 0 bridgehead atoms. The minimum atomic E-state index is -3.95. The van der Waals surface area contributed by atoms with Crippen molar-refractivity contribution in [1.29, 1.82) is 0 Å². The molecule has 0 radical (unpaired) electrons. The number of nitrogens with two attached hydrogens (primary N) is 1. The van der Waals surface area contributed by atoms with Crippen LogP contribution >= 0.6 is 0 Å². The first kappa shape index (κ1) is 20.2. The van der Waals surface area contributed by atoms with Gasteiger partial charge in [0.25, 0.3) is 5.91 Å². The Kier molecular flexibility index (Phi) is 5.15. The van der Waals surface area contributed by atoms with Gasteiger partial charge in [-0.3, -0.25) is 4.79 Å². The molecule has 0 spiro atoms. The fraction of sp³-hybridized carbons (Fsp3) is 0.235. The number of carbonyl (C=O) groups excluding carboxylic acids is 1. The van der Waals surface area contributed by atoms with E-state index in [1.807, 2.05) is 0 Å². The van der Waals surface area contributed by atoms with Gasteiger partial charge in [0, 0.05) is 0 Å². The number of hydrogen-bond donors (Lipinski definition) is 2. The molecule has 1 atom stereocenters. The molecule has 0 saturated carbocycles. The van der Waals surface area contributed by atoms with Crippen molar-refractivity contribution in [3.05, 3.63) is 64.0 Å². The molecule has 2 aromatic rings. The number of benzene rings is 2. The van der Waals surface area contributed by atoms with Gasteiger partial charge < -0.3 is 5.32 Å². The SMILES string of the molecule is NS(=O)(=O)c1ccc2c(c1)CCC[C@H]2NC(=O)c1c(F)c(F)c(F)c(F)c1F. The van der Waals surface area contributed by atoms with Crippen LogP contribution in [-0.4, -0.2) is 14.3 Å². The van der Waals surface area contributed by atoms with Crippen LogP contribution in [0, 0.1) is 29.1 Å². The molecular formula is C17H13F5N2O3S. The van der Waals surface area contributed by atoms with E-state index in [4.69, 9.17) is 5.14 Å². The van der Waals surface area contributed by atoms with Crippen LogP contribution in [0.3, 0.4) is 0 Å². The monoisotopic (exact) mass is 420 g/mol. The standard InChI is InChI=1S/C17H13F5N2O3S/c18-12-11(13(19)15(21)16(22)14(12)20)17(25)24-10-3-1-2-7-6-8(28(23,26)27)4-5-9(7)10/h4-6,10H,1-3H2,(H,24,25)(H2,23,26,27)/t10-/m1/s1. The lowest BCUT2D eigenvalue weighted by atomic mass is 9.87. The van der Waals surface area contributed by atoms with Gasteiger partial charge in [0.05, 0.1) is 10.9 Å². The number of fused-ring (bicyclic) bond motifs is 1. The number of carbonyl (C=O) groups is 1. The summed E-state index contributed by atoms with van der Waals surface area (Å²) >= 11 is 0. The zero-order valence-electron chi connectivity index (χ0n) is 14.0. The van der Waals surface area contributed by atoms with Crippen molar-refractivity contribution < 1.29 is 35.2 Å². The summed E-state index contributed by atoms with van der Waals surface area (Å²) in [5.41, 5.74) is -0.568. The Hall–Kier alpha value is -2.53. The van der Waals surface area contributed by atoms with Gasteiger partial charge in [-0.15, -0.1) is 0 Å². The van der Waals surface area contributed by atoms with Gasteiger partial charge in [-0.1, -0.05) is 6.07 Å². The van der Waals surface area contributed by atoms with Crippen molar-refractivity contribution in [3.63, 3.8) is 0 Å². The van der Waals surface area contributed by atoms with Gasteiger partial charge in [-0.05, 0) is 42.5 Å². The molecule has 0 saturated heterocycles. The number of amides is 1. The number of halogens is 5. The lowest BCUT2D eigenvalue weighted by Gasteiger charge is -2.27. The second-order valence-electron chi connectivity index (χ2n) is 6.27. The molecule has 11 heteroatoms. The topological polar surface area (TPSA) is 89.3 Å². The highest BCUT2D eigenvalue weighted by atomic mass is 32.2. The van der Waals surface area contributed by atoms with E-state index in [0.717, 1.165) is 0 Å². The third kappa shape index (κ3) is 3.47. The minimum absolute atomic E-state index is 0.141. The summed E-state index contributed by atoms with van der Waals surface area (Å²) < 4.78 is 90.3. The number of hydrogen-bond acceptors (Lipinski definition) is 3. The number of rotatable bonds is 3. The lowest BCUT2D eigenvalue weighted by Crippen LogP contribution is -2.33. The zero-order valence-corrected chi connectivity index (χ0v) is 14.8. The number of sulfonamides is 1. The van der Waals surface area contributed by atoms with Gasteiger partial charge in [-0.25, -0.2) is 35.5 Å². The first-order valence-electron chi connectivity index (χ1n) is 8.00. The molecule has 1 amide bonds. The highest BCUT2D eigenvalue weighted by Crippen LogP contribution is 2.32. The number of aryl methyl sites for hydroxylation is 1. The summed E-state index contributed by atoms with van der Waals surface area (Å²) in [4.78, 5) is 12.1. The van der Waals surface area contributed by atoms with Gasteiger partial charge in [-0.2, -0.15) is 0 Å². The van der Waals surface area contributed by atoms with Crippen LogP contribution in [0.5, 0.6) is 0 Å². The Labute approximate surface area is 156 Å². The Bertz CT molecular complexity index is 1060. The van der Waals surface area contributed by atoms with Gasteiger partial charge in [0.2, 0.25) is 15.8 Å². The van der Waals surface area contributed by atoms with Gasteiger partial charge >= 0.3 is 0 Å². The summed E-state index contributed by atoms with van der Waals surface area (Å²) in [7, 11) is -3.95. The van der Waals surface area contributed by atoms with Gasteiger partial charge in [0.1, 0.15) is 5.56 Å². The average molecular weight is 420 g/mol. The second kappa shape index (κ2) is 7.13. The van der Waals surface area contributed by atoms with Crippen LogP contribution < -0.4 is 10.5 Å². The summed E-state index contributed by atoms with van der Waals surface area (Å²) in [5.74, 6) is -12.7. The fourth-order valence-corrected chi connectivity index (χ4v) is 3.72. The molecule has 0 aromatic heterocycles. The molecule has 5 nitrogen and oxygen atoms in total. The maximum absolute atomic E-state index is 13.8. The minimum Gasteiger partial charge on any atom is -0.345 e. The molecule has 0 fully saturated rings. The molecule has 0 aliphatic heterocycles. The van der Waals surface area contributed by atoms with E-state index >= 15 is 0 Å². The average Bonchev–Trinajstić information content (AvgIpc) is 2.64. The maximum atomic E-state index is 13.8. The van der Waals surface area contributed by atoms with Crippen molar-refractivity contribution in [3.8, 4) is 0 Å². The van der Waals surface area contributed by atoms with Crippen LogP contribution in [0.25, 0.3) is 0 Å². The molecule has 1 aliphatic rings. The van der Waals surface area contributed by atoms with Crippen LogP contribution in [0.2, 0.25) is 0 Å². The molecule has 0 unspecified atom stereocenters. The summed E-state index contributed by atoms with van der Waals surface area (Å²) in [6, 6.07) is 3.11. The number of primary sulfonamides is 1. The van der Waals surface area contributed by atoms with Crippen molar-refractivity contribution >= 4 is 15.9 Å². The zero-order chi connectivity index (χ0) is 20.8. The van der Waals surface area contributed by atoms with Crippen molar-refractivity contribution in [2.45, 2.75) is 30.2 Å². The first-order chi connectivity index (χ1) is 13.0.